The molecule has 3 heterocycles. The summed E-state index contributed by atoms with van der Waals surface area (Å²) in [6, 6.07) is 4.54. The van der Waals surface area contributed by atoms with Gasteiger partial charge >= 0.3 is 5.69 Å². The molecule has 3 rings (SSSR count). The molecule has 2 aromatic rings. The van der Waals surface area contributed by atoms with E-state index < -0.39 is 0 Å². The maximum atomic E-state index is 12.1. The second-order valence-corrected chi connectivity index (χ2v) is 5.94. The van der Waals surface area contributed by atoms with Gasteiger partial charge in [-0.25, -0.2) is 9.48 Å². The minimum absolute atomic E-state index is 0.00776. The Hall–Kier alpha value is -1.82. The van der Waals surface area contributed by atoms with Crippen molar-refractivity contribution in [3.8, 4) is 0 Å². The molecule has 0 amide bonds. The van der Waals surface area contributed by atoms with Gasteiger partial charge in [-0.15, -0.1) is 0 Å². The molecule has 0 unspecified atom stereocenters. The van der Waals surface area contributed by atoms with Crippen LogP contribution in [0.4, 0.5) is 0 Å². The van der Waals surface area contributed by atoms with Crippen LogP contribution in [0, 0.1) is 6.92 Å². The van der Waals surface area contributed by atoms with Crippen LogP contribution >= 0.6 is 0 Å². The molecule has 0 bridgehead atoms. The van der Waals surface area contributed by atoms with Crippen molar-refractivity contribution in [3.63, 3.8) is 0 Å². The quantitative estimate of drug-likeness (QED) is 0.849. The van der Waals surface area contributed by atoms with Gasteiger partial charge < -0.3 is 4.57 Å². The van der Waals surface area contributed by atoms with Crippen LogP contribution in [0.25, 0.3) is 0 Å². The van der Waals surface area contributed by atoms with Crippen molar-refractivity contribution in [3.05, 3.63) is 40.3 Å². The van der Waals surface area contributed by atoms with E-state index in [0.29, 0.717) is 0 Å². The minimum Gasteiger partial charge on any atom is -0.353 e. The Bertz CT molecular complexity index is 673. The number of aromatic nitrogens is 4. The van der Waals surface area contributed by atoms with E-state index in [2.05, 4.69) is 39.9 Å². The van der Waals surface area contributed by atoms with E-state index in [0.717, 1.165) is 38.3 Å². The van der Waals surface area contributed by atoms with E-state index in [-0.39, 0.29) is 11.7 Å². The molecule has 0 atom stereocenters. The number of likely N-dealkylation sites (tertiary alicyclic amines) is 1. The molecule has 1 aliphatic rings. The van der Waals surface area contributed by atoms with Crippen LogP contribution in [-0.4, -0.2) is 36.9 Å². The monoisotopic (exact) mass is 289 g/mol. The lowest BCUT2D eigenvalue weighted by Crippen LogP contribution is -2.37. The Morgan fingerprint density at radius 3 is 2.52 bits per heavy atom. The van der Waals surface area contributed by atoms with Crippen LogP contribution < -0.4 is 5.69 Å². The summed E-state index contributed by atoms with van der Waals surface area (Å²) in [5, 5.41) is 4.23. The molecule has 1 aliphatic heterocycles. The van der Waals surface area contributed by atoms with Gasteiger partial charge in [0, 0.05) is 51.7 Å². The average Bonchev–Trinajstić information content (AvgIpc) is 2.96. The first kappa shape index (κ1) is 14.1. The first-order valence-corrected chi connectivity index (χ1v) is 7.51. The molecule has 6 nitrogen and oxygen atoms in total. The summed E-state index contributed by atoms with van der Waals surface area (Å²) >= 11 is 0. The van der Waals surface area contributed by atoms with Crippen molar-refractivity contribution in [2.24, 2.45) is 14.1 Å². The van der Waals surface area contributed by atoms with E-state index in [1.54, 1.807) is 7.05 Å². The molecular formula is C15H23N5O. The zero-order chi connectivity index (χ0) is 15.0. The van der Waals surface area contributed by atoms with E-state index in [1.807, 2.05) is 11.5 Å². The van der Waals surface area contributed by atoms with Gasteiger partial charge in [0.15, 0.2) is 0 Å². The summed E-state index contributed by atoms with van der Waals surface area (Å²) in [5.41, 5.74) is 1.34. The van der Waals surface area contributed by atoms with Gasteiger partial charge in [0.2, 0.25) is 0 Å². The van der Waals surface area contributed by atoms with Crippen molar-refractivity contribution >= 4 is 0 Å². The van der Waals surface area contributed by atoms with Gasteiger partial charge in [-0.2, -0.15) is 5.10 Å². The molecule has 0 aliphatic carbocycles. The van der Waals surface area contributed by atoms with Crippen LogP contribution in [0.5, 0.6) is 0 Å². The fourth-order valence-corrected chi connectivity index (χ4v) is 3.25. The summed E-state index contributed by atoms with van der Waals surface area (Å²) in [4.78, 5) is 14.6. The second-order valence-electron chi connectivity index (χ2n) is 5.94. The van der Waals surface area contributed by atoms with E-state index in [9.17, 15) is 4.79 Å². The number of hydrogen-bond donors (Lipinski definition) is 0. The molecule has 2 aromatic heterocycles. The number of hydrogen-bond acceptors (Lipinski definition) is 3. The molecule has 1 fully saturated rings. The van der Waals surface area contributed by atoms with Crippen molar-refractivity contribution in [2.45, 2.75) is 32.4 Å². The van der Waals surface area contributed by atoms with Gasteiger partial charge in [0.05, 0.1) is 0 Å². The van der Waals surface area contributed by atoms with Crippen LogP contribution in [0.1, 0.15) is 30.4 Å². The molecule has 0 saturated carbocycles. The predicted octanol–water partition coefficient (Wildman–Crippen LogP) is 1.07. The van der Waals surface area contributed by atoms with E-state index in [4.69, 9.17) is 0 Å². The van der Waals surface area contributed by atoms with Crippen molar-refractivity contribution in [1.82, 2.24) is 23.8 Å². The smallest absolute Gasteiger partial charge is 0.345 e. The van der Waals surface area contributed by atoms with Crippen molar-refractivity contribution < 1.29 is 0 Å². The maximum absolute atomic E-state index is 12.1. The molecular weight excluding hydrogens is 266 g/mol. The number of rotatable bonds is 3. The average molecular weight is 289 g/mol. The highest BCUT2D eigenvalue weighted by Crippen LogP contribution is 2.23. The highest BCUT2D eigenvalue weighted by molar-refractivity contribution is 5.06. The lowest BCUT2D eigenvalue weighted by atomic mass is 10.0. The lowest BCUT2D eigenvalue weighted by molar-refractivity contribution is 0.173. The summed E-state index contributed by atoms with van der Waals surface area (Å²) < 4.78 is 5.47. The standard InChI is InChI=1S/C15H23N5O/c1-12-16-18(3)15(21)20(12)13-6-9-19(10-7-13)11-14-5-4-8-17(14)2/h4-5,8,13H,6-7,9-11H2,1-3H3. The Kier molecular flexibility index (Phi) is 3.71. The number of aryl methyl sites for hydroxylation is 3. The van der Waals surface area contributed by atoms with Crippen LogP contribution in [0.15, 0.2) is 23.1 Å². The topological polar surface area (TPSA) is 48.0 Å². The number of nitrogens with zero attached hydrogens (tertiary/aromatic N) is 5. The van der Waals surface area contributed by atoms with Gasteiger partial charge in [-0.3, -0.25) is 9.47 Å². The highest BCUT2D eigenvalue weighted by Gasteiger charge is 2.24. The zero-order valence-corrected chi connectivity index (χ0v) is 13.0. The van der Waals surface area contributed by atoms with E-state index in [1.165, 1.54) is 10.4 Å². The Morgan fingerprint density at radius 2 is 2.00 bits per heavy atom. The van der Waals surface area contributed by atoms with Gasteiger partial charge in [-0.1, -0.05) is 0 Å². The predicted molar refractivity (Wildman–Crippen MR) is 81.2 cm³/mol. The van der Waals surface area contributed by atoms with Crippen molar-refractivity contribution in [2.75, 3.05) is 13.1 Å². The molecule has 1 saturated heterocycles. The first-order valence-electron chi connectivity index (χ1n) is 7.51. The third-order valence-corrected chi connectivity index (χ3v) is 4.49. The van der Waals surface area contributed by atoms with Crippen molar-refractivity contribution in [1.29, 1.82) is 0 Å². The molecule has 0 spiro atoms. The summed E-state index contributed by atoms with van der Waals surface area (Å²) in [6.45, 7) is 4.95. The lowest BCUT2D eigenvalue weighted by Gasteiger charge is -2.32. The molecule has 114 valence electrons. The second kappa shape index (κ2) is 5.52. The first-order chi connectivity index (χ1) is 10.1. The summed E-state index contributed by atoms with van der Waals surface area (Å²) in [7, 11) is 3.80. The normalized spacial score (nSPS) is 17.5. The SMILES string of the molecule is Cc1nn(C)c(=O)n1C1CCN(Cc2cccn2C)CC1. The van der Waals surface area contributed by atoms with Crippen LogP contribution in [0.3, 0.4) is 0 Å². The number of piperidine rings is 1. The van der Waals surface area contributed by atoms with Gasteiger partial charge in [0.1, 0.15) is 5.82 Å². The molecule has 0 aromatic carbocycles. The molecule has 21 heavy (non-hydrogen) atoms. The largest absolute Gasteiger partial charge is 0.353 e. The highest BCUT2D eigenvalue weighted by atomic mass is 16.2. The zero-order valence-electron chi connectivity index (χ0n) is 13.0. The molecule has 0 N–H and O–H groups in total. The Morgan fingerprint density at radius 1 is 1.29 bits per heavy atom. The maximum Gasteiger partial charge on any atom is 0.345 e. The van der Waals surface area contributed by atoms with E-state index >= 15 is 0 Å². The fraction of sp³-hybridized carbons (Fsp3) is 0.600. The van der Waals surface area contributed by atoms with Gasteiger partial charge in [0.25, 0.3) is 0 Å². The van der Waals surface area contributed by atoms with Crippen LogP contribution in [-0.2, 0) is 20.6 Å². The fourth-order valence-electron chi connectivity index (χ4n) is 3.25. The Labute approximate surface area is 124 Å². The Balaban J connectivity index is 1.65. The minimum atomic E-state index is 0.00776. The molecule has 0 radical (unpaired) electrons. The third-order valence-electron chi connectivity index (χ3n) is 4.49. The van der Waals surface area contributed by atoms with Gasteiger partial charge in [-0.05, 0) is 31.9 Å². The summed E-state index contributed by atoms with van der Waals surface area (Å²) in [5.74, 6) is 0.823. The molecule has 6 heteroatoms. The van der Waals surface area contributed by atoms with Crippen LogP contribution in [0.2, 0.25) is 0 Å². The third kappa shape index (κ3) is 2.68. The summed E-state index contributed by atoms with van der Waals surface area (Å²) in [6.07, 6.45) is 4.11.